The monoisotopic (exact) mass is 264 g/mol. The van der Waals surface area contributed by atoms with Gasteiger partial charge in [0.15, 0.2) is 5.82 Å². The lowest BCUT2D eigenvalue weighted by Crippen LogP contribution is -1.98. The van der Waals surface area contributed by atoms with Crippen molar-refractivity contribution in [3.05, 3.63) is 35.7 Å². The molecule has 0 fully saturated rings. The van der Waals surface area contributed by atoms with Crippen molar-refractivity contribution >= 4 is 15.9 Å². The van der Waals surface area contributed by atoms with Crippen LogP contribution < -0.4 is 0 Å². The van der Waals surface area contributed by atoms with E-state index in [4.69, 9.17) is 0 Å². The van der Waals surface area contributed by atoms with E-state index in [-0.39, 0.29) is 0 Å². The highest BCUT2D eigenvalue weighted by Gasteiger charge is 2.02. The Balaban J connectivity index is 2.40. The van der Waals surface area contributed by atoms with Gasteiger partial charge in [-0.15, -0.1) is 20.4 Å². The third kappa shape index (κ3) is 2.36. The molecule has 76 valence electrons. The summed E-state index contributed by atoms with van der Waals surface area (Å²) in [7, 11) is 0. The van der Waals surface area contributed by atoms with Crippen LogP contribution in [0.1, 0.15) is 11.4 Å². The van der Waals surface area contributed by atoms with E-state index in [2.05, 4.69) is 36.3 Å². The summed E-state index contributed by atoms with van der Waals surface area (Å²) in [4.78, 5) is 0. The van der Waals surface area contributed by atoms with Crippen LogP contribution in [0.25, 0.3) is 11.4 Å². The van der Waals surface area contributed by atoms with Gasteiger partial charge in [-0.3, -0.25) is 0 Å². The molecule has 0 aliphatic carbocycles. The summed E-state index contributed by atoms with van der Waals surface area (Å²) in [6, 6.07) is 7.96. The second kappa shape index (κ2) is 4.44. The van der Waals surface area contributed by atoms with Crippen LogP contribution in [-0.4, -0.2) is 20.4 Å². The first-order chi connectivity index (χ1) is 7.29. The van der Waals surface area contributed by atoms with E-state index in [1.807, 2.05) is 24.3 Å². The van der Waals surface area contributed by atoms with E-state index in [1.54, 1.807) is 6.92 Å². The molecule has 1 aromatic carbocycles. The number of halogens is 1. The van der Waals surface area contributed by atoms with Crippen molar-refractivity contribution in [3.8, 4) is 11.4 Å². The normalized spacial score (nSPS) is 10.3. The lowest BCUT2D eigenvalue weighted by molar-refractivity contribution is 0.816. The number of rotatable bonds is 2. The largest absolute Gasteiger partial charge is 0.203 e. The number of nitrogens with zero attached hydrogens (tertiary/aromatic N) is 4. The molecule has 0 saturated heterocycles. The van der Waals surface area contributed by atoms with Crippen LogP contribution in [0.15, 0.2) is 24.3 Å². The summed E-state index contributed by atoms with van der Waals surface area (Å²) in [5.41, 5.74) is 2.11. The molecule has 0 unspecified atom stereocenters. The molecule has 0 amide bonds. The van der Waals surface area contributed by atoms with Crippen LogP contribution in [0.5, 0.6) is 0 Å². The fraction of sp³-hybridized carbons (Fsp3) is 0.200. The van der Waals surface area contributed by atoms with Gasteiger partial charge >= 0.3 is 0 Å². The lowest BCUT2D eigenvalue weighted by Gasteiger charge is -2.00. The molecular formula is C10H9BrN4. The van der Waals surface area contributed by atoms with E-state index in [0.717, 1.165) is 10.9 Å². The summed E-state index contributed by atoms with van der Waals surface area (Å²) >= 11 is 3.40. The number of hydrogen-bond donors (Lipinski definition) is 0. The van der Waals surface area contributed by atoms with Gasteiger partial charge in [-0.2, -0.15) is 0 Å². The maximum atomic E-state index is 3.99. The van der Waals surface area contributed by atoms with Crippen LogP contribution in [0.2, 0.25) is 0 Å². The highest BCUT2D eigenvalue weighted by Crippen LogP contribution is 2.16. The molecule has 2 rings (SSSR count). The number of benzene rings is 1. The minimum Gasteiger partial charge on any atom is -0.131 e. The Hall–Kier alpha value is -1.36. The molecule has 4 nitrogen and oxygen atoms in total. The maximum absolute atomic E-state index is 3.99. The average Bonchev–Trinajstić information content (AvgIpc) is 2.30. The van der Waals surface area contributed by atoms with Crippen molar-refractivity contribution in [2.24, 2.45) is 0 Å². The number of hydrogen-bond acceptors (Lipinski definition) is 4. The Morgan fingerprint density at radius 3 is 2.53 bits per heavy atom. The van der Waals surface area contributed by atoms with Crippen LogP contribution in [0.3, 0.4) is 0 Å². The summed E-state index contributed by atoms with van der Waals surface area (Å²) in [6.07, 6.45) is 0. The Bertz CT molecular complexity index is 455. The van der Waals surface area contributed by atoms with Gasteiger partial charge in [0.25, 0.3) is 0 Å². The van der Waals surface area contributed by atoms with Gasteiger partial charge in [0.1, 0.15) is 0 Å². The van der Waals surface area contributed by atoms with Crippen molar-refractivity contribution in [2.75, 3.05) is 0 Å². The van der Waals surface area contributed by atoms with Crippen molar-refractivity contribution in [3.63, 3.8) is 0 Å². The van der Waals surface area contributed by atoms with E-state index < -0.39 is 0 Å². The first-order valence-corrected chi connectivity index (χ1v) is 5.61. The van der Waals surface area contributed by atoms with E-state index in [9.17, 15) is 0 Å². The molecule has 5 heteroatoms. The molecule has 0 bridgehead atoms. The van der Waals surface area contributed by atoms with Gasteiger partial charge in [0, 0.05) is 10.9 Å². The predicted molar refractivity (Wildman–Crippen MR) is 60.4 cm³/mol. The Kier molecular flexibility index (Phi) is 3.01. The minimum atomic E-state index is 0.559. The standard InChI is InChI=1S/C10H9BrN4/c1-7-12-14-10(15-13-7)9-4-2-3-8(5-9)6-11/h2-5H,6H2,1H3. The Labute approximate surface area is 95.9 Å². The van der Waals surface area contributed by atoms with Gasteiger partial charge in [0.05, 0.1) is 0 Å². The number of aromatic nitrogens is 4. The second-order valence-electron chi connectivity index (χ2n) is 3.10. The highest BCUT2D eigenvalue weighted by atomic mass is 79.9. The molecular weight excluding hydrogens is 256 g/mol. The smallest absolute Gasteiger partial charge is 0.131 e. The quantitative estimate of drug-likeness (QED) is 0.780. The molecule has 1 aromatic heterocycles. The summed E-state index contributed by atoms with van der Waals surface area (Å²) < 4.78 is 0. The molecule has 0 aliphatic heterocycles. The molecule has 0 radical (unpaired) electrons. The van der Waals surface area contributed by atoms with E-state index in [1.165, 1.54) is 5.56 Å². The molecule has 0 N–H and O–H groups in total. The molecule has 0 aliphatic rings. The number of aryl methyl sites for hydroxylation is 1. The van der Waals surface area contributed by atoms with Crippen molar-refractivity contribution in [1.29, 1.82) is 0 Å². The molecule has 2 aromatic rings. The predicted octanol–water partition coefficient (Wildman–Crippen LogP) is 2.14. The third-order valence-corrected chi connectivity index (χ3v) is 2.57. The summed E-state index contributed by atoms with van der Waals surface area (Å²) in [5, 5.41) is 16.5. The van der Waals surface area contributed by atoms with Gasteiger partial charge in [-0.25, -0.2) is 0 Å². The fourth-order valence-electron chi connectivity index (χ4n) is 1.19. The lowest BCUT2D eigenvalue weighted by atomic mass is 10.1. The molecule has 0 spiro atoms. The van der Waals surface area contributed by atoms with Crippen molar-refractivity contribution < 1.29 is 0 Å². The van der Waals surface area contributed by atoms with E-state index >= 15 is 0 Å². The molecule has 1 heterocycles. The first kappa shape index (κ1) is 10.2. The van der Waals surface area contributed by atoms with Gasteiger partial charge in [-0.05, 0) is 18.6 Å². The zero-order valence-electron chi connectivity index (χ0n) is 8.18. The fourth-order valence-corrected chi connectivity index (χ4v) is 1.54. The van der Waals surface area contributed by atoms with E-state index in [0.29, 0.717) is 11.6 Å². The Morgan fingerprint density at radius 1 is 1.13 bits per heavy atom. The van der Waals surface area contributed by atoms with Gasteiger partial charge in [-0.1, -0.05) is 34.1 Å². The SMILES string of the molecule is Cc1nnc(-c2cccc(CBr)c2)nn1. The molecule has 0 atom stereocenters. The Morgan fingerprint density at radius 2 is 1.87 bits per heavy atom. The van der Waals surface area contributed by atoms with Crippen LogP contribution >= 0.6 is 15.9 Å². The highest BCUT2D eigenvalue weighted by molar-refractivity contribution is 9.08. The van der Waals surface area contributed by atoms with Crippen molar-refractivity contribution in [1.82, 2.24) is 20.4 Å². The van der Waals surface area contributed by atoms with Crippen LogP contribution in [-0.2, 0) is 5.33 Å². The summed E-state index contributed by atoms with van der Waals surface area (Å²) in [6.45, 7) is 1.76. The zero-order chi connectivity index (χ0) is 10.7. The topological polar surface area (TPSA) is 51.6 Å². The average molecular weight is 265 g/mol. The second-order valence-corrected chi connectivity index (χ2v) is 3.67. The summed E-state index contributed by atoms with van der Waals surface area (Å²) in [5.74, 6) is 1.14. The van der Waals surface area contributed by atoms with Crippen molar-refractivity contribution in [2.45, 2.75) is 12.3 Å². The van der Waals surface area contributed by atoms with Crippen LogP contribution in [0, 0.1) is 6.92 Å². The molecule has 0 saturated carbocycles. The number of alkyl halides is 1. The van der Waals surface area contributed by atoms with Crippen LogP contribution in [0.4, 0.5) is 0 Å². The van der Waals surface area contributed by atoms with Gasteiger partial charge < -0.3 is 0 Å². The minimum absolute atomic E-state index is 0.559. The molecule has 15 heavy (non-hydrogen) atoms. The maximum Gasteiger partial charge on any atom is 0.203 e. The first-order valence-electron chi connectivity index (χ1n) is 4.49. The van der Waals surface area contributed by atoms with Gasteiger partial charge in [0.2, 0.25) is 5.82 Å². The third-order valence-electron chi connectivity index (χ3n) is 1.92. The zero-order valence-corrected chi connectivity index (χ0v) is 9.77.